The highest BCUT2D eigenvalue weighted by molar-refractivity contribution is 5.84. The number of hydrogen-bond donors (Lipinski definition) is 3. The maximum atomic E-state index is 11.7. The van der Waals surface area contributed by atoms with Crippen molar-refractivity contribution in [1.82, 2.24) is 0 Å². The first-order valence-corrected chi connectivity index (χ1v) is 5.18. The van der Waals surface area contributed by atoms with Crippen LogP contribution in [0.1, 0.15) is 12.2 Å². The van der Waals surface area contributed by atoms with Gasteiger partial charge in [0.25, 0.3) is 0 Å². The van der Waals surface area contributed by atoms with Crippen molar-refractivity contribution in [1.29, 1.82) is 0 Å². The molecule has 0 aliphatic carbocycles. The smallest absolute Gasteiger partial charge is 0.303 e. The molecule has 0 aliphatic rings. The van der Waals surface area contributed by atoms with Gasteiger partial charge in [-0.05, 0) is 0 Å². The summed E-state index contributed by atoms with van der Waals surface area (Å²) in [6, 6.07) is 3.37. The van der Waals surface area contributed by atoms with Gasteiger partial charge in [-0.25, -0.2) is 0 Å². The van der Waals surface area contributed by atoms with E-state index in [4.69, 9.17) is 9.52 Å². The Kier molecular flexibility index (Phi) is 2.93. The molecule has 0 spiro atoms. The molecule has 0 unspecified atom stereocenters. The third-order valence-electron chi connectivity index (χ3n) is 2.43. The number of carboxylic acids is 1. The average molecular weight is 250 g/mol. The van der Waals surface area contributed by atoms with Crippen molar-refractivity contribution in [2.45, 2.75) is 12.8 Å². The van der Waals surface area contributed by atoms with Crippen LogP contribution in [0.15, 0.2) is 27.4 Å². The second kappa shape index (κ2) is 4.40. The lowest BCUT2D eigenvalue weighted by Crippen LogP contribution is -2.04. The van der Waals surface area contributed by atoms with Crippen LogP contribution in [0.2, 0.25) is 0 Å². The van der Waals surface area contributed by atoms with E-state index in [1.165, 1.54) is 6.07 Å². The van der Waals surface area contributed by atoms with Gasteiger partial charge in [-0.3, -0.25) is 9.59 Å². The molecule has 0 bridgehead atoms. The lowest BCUT2D eigenvalue weighted by molar-refractivity contribution is -0.137. The predicted octanol–water partition coefficient (Wildman–Crippen LogP) is 1.22. The fraction of sp³-hybridized carbons (Fsp3) is 0.167. The second-order valence-corrected chi connectivity index (χ2v) is 3.81. The average Bonchev–Trinajstić information content (AvgIpc) is 2.24. The standard InChI is InChI=1S/C12H10O6/c13-6-3-8(14)12-9(15)5-7(1-2-11(16)17)18-10(12)4-6/h3-5,13-14H,1-2H2,(H,16,17). The number of carboxylic acid groups (broad SMARTS) is 1. The van der Waals surface area contributed by atoms with Gasteiger partial charge in [0.2, 0.25) is 0 Å². The van der Waals surface area contributed by atoms with Gasteiger partial charge in [0.15, 0.2) is 5.43 Å². The first kappa shape index (κ1) is 12.0. The van der Waals surface area contributed by atoms with Gasteiger partial charge in [-0.15, -0.1) is 0 Å². The van der Waals surface area contributed by atoms with Gasteiger partial charge in [-0.2, -0.15) is 0 Å². The summed E-state index contributed by atoms with van der Waals surface area (Å²) in [6.45, 7) is 0. The minimum Gasteiger partial charge on any atom is -0.508 e. The normalized spacial score (nSPS) is 10.7. The first-order chi connectivity index (χ1) is 8.47. The number of phenolic OH excluding ortho intramolecular Hbond substituents is 2. The van der Waals surface area contributed by atoms with E-state index in [-0.39, 0.29) is 41.1 Å². The number of benzene rings is 1. The van der Waals surface area contributed by atoms with E-state index in [0.717, 1.165) is 12.1 Å². The van der Waals surface area contributed by atoms with E-state index in [1.54, 1.807) is 0 Å². The largest absolute Gasteiger partial charge is 0.508 e. The molecule has 0 fully saturated rings. The van der Waals surface area contributed by atoms with E-state index in [0.29, 0.717) is 0 Å². The quantitative estimate of drug-likeness (QED) is 0.755. The molecule has 1 aromatic heterocycles. The van der Waals surface area contributed by atoms with Crippen LogP contribution in [-0.2, 0) is 11.2 Å². The van der Waals surface area contributed by atoms with Crippen LogP contribution in [0.5, 0.6) is 11.5 Å². The van der Waals surface area contributed by atoms with Gasteiger partial charge in [0.1, 0.15) is 28.2 Å². The summed E-state index contributed by atoms with van der Waals surface area (Å²) >= 11 is 0. The second-order valence-electron chi connectivity index (χ2n) is 3.81. The fourth-order valence-electron chi connectivity index (χ4n) is 1.66. The van der Waals surface area contributed by atoms with Crippen molar-refractivity contribution in [3.05, 3.63) is 34.2 Å². The predicted molar refractivity (Wildman–Crippen MR) is 61.8 cm³/mol. The first-order valence-electron chi connectivity index (χ1n) is 5.18. The molecule has 0 atom stereocenters. The minimum atomic E-state index is -1.00. The minimum absolute atomic E-state index is 0.0281. The van der Waals surface area contributed by atoms with Gasteiger partial charge in [-0.1, -0.05) is 0 Å². The topological polar surface area (TPSA) is 108 Å². The molecular weight excluding hydrogens is 240 g/mol. The van der Waals surface area contributed by atoms with Gasteiger partial charge in [0.05, 0.1) is 6.42 Å². The van der Waals surface area contributed by atoms with Crippen LogP contribution in [0.25, 0.3) is 11.0 Å². The third kappa shape index (κ3) is 2.27. The Balaban J connectivity index is 2.55. The van der Waals surface area contributed by atoms with E-state index in [9.17, 15) is 19.8 Å². The van der Waals surface area contributed by atoms with Crippen LogP contribution in [-0.4, -0.2) is 21.3 Å². The molecule has 0 saturated heterocycles. The molecular formula is C12H10O6. The molecule has 0 radical (unpaired) electrons. The summed E-state index contributed by atoms with van der Waals surface area (Å²) in [5.74, 6) is -1.42. The number of rotatable bonds is 3. The molecule has 0 amide bonds. The Labute approximate surface area is 101 Å². The third-order valence-corrected chi connectivity index (χ3v) is 2.43. The SMILES string of the molecule is O=C(O)CCc1cc(=O)c2c(O)cc(O)cc2o1. The summed E-state index contributed by atoms with van der Waals surface area (Å²) < 4.78 is 5.27. The number of aromatic hydroxyl groups is 2. The lowest BCUT2D eigenvalue weighted by Gasteiger charge is -2.04. The summed E-state index contributed by atoms with van der Waals surface area (Å²) in [5, 5.41) is 27.3. The molecule has 6 nitrogen and oxygen atoms in total. The summed E-state index contributed by atoms with van der Waals surface area (Å²) in [5.41, 5.74) is -0.450. The van der Waals surface area contributed by atoms with E-state index < -0.39 is 11.4 Å². The highest BCUT2D eigenvalue weighted by atomic mass is 16.4. The highest BCUT2D eigenvalue weighted by Gasteiger charge is 2.11. The zero-order chi connectivity index (χ0) is 13.3. The number of carbonyl (C=O) groups is 1. The molecule has 0 aliphatic heterocycles. The highest BCUT2D eigenvalue weighted by Crippen LogP contribution is 2.27. The Morgan fingerprint density at radius 1 is 1.22 bits per heavy atom. The van der Waals surface area contributed by atoms with E-state index in [1.807, 2.05) is 0 Å². The molecule has 6 heteroatoms. The van der Waals surface area contributed by atoms with Crippen LogP contribution in [0, 0.1) is 0 Å². The van der Waals surface area contributed by atoms with E-state index in [2.05, 4.69) is 0 Å². The molecule has 3 N–H and O–H groups in total. The van der Waals surface area contributed by atoms with Crippen molar-refractivity contribution in [3.63, 3.8) is 0 Å². The van der Waals surface area contributed by atoms with Crippen molar-refractivity contribution in [3.8, 4) is 11.5 Å². The maximum Gasteiger partial charge on any atom is 0.303 e. The molecule has 2 aromatic rings. The lowest BCUT2D eigenvalue weighted by atomic mass is 10.1. The zero-order valence-electron chi connectivity index (χ0n) is 9.21. The molecule has 18 heavy (non-hydrogen) atoms. The summed E-state index contributed by atoms with van der Waals surface area (Å²) in [4.78, 5) is 22.2. The van der Waals surface area contributed by atoms with Gasteiger partial charge < -0.3 is 19.7 Å². The number of hydrogen-bond acceptors (Lipinski definition) is 5. The molecule has 94 valence electrons. The van der Waals surface area contributed by atoms with Crippen LogP contribution in [0.3, 0.4) is 0 Å². The number of aryl methyl sites for hydroxylation is 1. The van der Waals surface area contributed by atoms with Crippen LogP contribution < -0.4 is 5.43 Å². The Bertz CT molecular complexity index is 670. The molecule has 1 aromatic carbocycles. The van der Waals surface area contributed by atoms with Crippen molar-refractivity contribution < 1.29 is 24.5 Å². The fourth-order valence-corrected chi connectivity index (χ4v) is 1.66. The van der Waals surface area contributed by atoms with Crippen LogP contribution in [0.4, 0.5) is 0 Å². The number of fused-ring (bicyclic) bond motifs is 1. The molecule has 1 heterocycles. The number of aliphatic carboxylic acids is 1. The van der Waals surface area contributed by atoms with Gasteiger partial charge >= 0.3 is 5.97 Å². The molecule has 2 rings (SSSR count). The Hall–Kier alpha value is -2.50. The van der Waals surface area contributed by atoms with Gasteiger partial charge in [0, 0.05) is 24.6 Å². The van der Waals surface area contributed by atoms with Crippen molar-refractivity contribution >= 4 is 16.9 Å². The monoisotopic (exact) mass is 250 g/mol. The summed E-state index contributed by atoms with van der Waals surface area (Å²) in [7, 11) is 0. The Morgan fingerprint density at radius 2 is 1.94 bits per heavy atom. The zero-order valence-corrected chi connectivity index (χ0v) is 9.21. The van der Waals surface area contributed by atoms with E-state index >= 15 is 0 Å². The number of phenols is 2. The Morgan fingerprint density at radius 3 is 2.61 bits per heavy atom. The maximum absolute atomic E-state index is 11.7. The van der Waals surface area contributed by atoms with Crippen LogP contribution >= 0.6 is 0 Å². The summed E-state index contributed by atoms with van der Waals surface area (Å²) in [6.07, 6.45) is -0.101. The van der Waals surface area contributed by atoms with Crippen molar-refractivity contribution in [2.24, 2.45) is 0 Å². The van der Waals surface area contributed by atoms with Crippen molar-refractivity contribution in [2.75, 3.05) is 0 Å². The molecule has 0 saturated carbocycles.